The molecule has 0 spiro atoms. The third-order valence-electron chi connectivity index (χ3n) is 4.81. The lowest BCUT2D eigenvalue weighted by Gasteiger charge is -2.35. The molecule has 5 heteroatoms. The lowest BCUT2D eigenvalue weighted by molar-refractivity contribution is 0.0701. The highest BCUT2D eigenvalue weighted by Crippen LogP contribution is 2.17. The maximum Gasteiger partial charge on any atom is 0.0916 e. The van der Waals surface area contributed by atoms with Crippen molar-refractivity contribution < 1.29 is 5.11 Å². The van der Waals surface area contributed by atoms with Gasteiger partial charge in [-0.1, -0.05) is 30.3 Å². The van der Waals surface area contributed by atoms with Crippen molar-refractivity contribution in [3.8, 4) is 0 Å². The molecule has 1 aliphatic heterocycles. The molecule has 0 bridgehead atoms. The van der Waals surface area contributed by atoms with Crippen LogP contribution in [-0.2, 0) is 12.1 Å². The fraction of sp³-hybridized carbons (Fsp3) is 0.550. The van der Waals surface area contributed by atoms with Crippen LogP contribution in [0.25, 0.3) is 0 Å². The molecule has 0 radical (unpaired) electrons. The molecule has 1 aromatic heterocycles. The third kappa shape index (κ3) is 4.91. The number of aromatic nitrogens is 2. The number of benzene rings is 1. The monoisotopic (exact) mass is 342 g/mol. The largest absolute Gasteiger partial charge is 0.387 e. The van der Waals surface area contributed by atoms with Gasteiger partial charge in [0.2, 0.25) is 0 Å². The second-order valence-corrected chi connectivity index (χ2v) is 7.97. The Bertz CT molecular complexity index is 654. The Hall–Kier alpha value is -1.69. The predicted molar refractivity (Wildman–Crippen MR) is 100 cm³/mol. The molecular weight excluding hydrogens is 312 g/mol. The molecule has 1 aliphatic rings. The maximum atomic E-state index is 10.4. The van der Waals surface area contributed by atoms with Crippen molar-refractivity contribution >= 4 is 0 Å². The van der Waals surface area contributed by atoms with Crippen molar-refractivity contribution in [2.75, 3.05) is 32.7 Å². The van der Waals surface area contributed by atoms with Gasteiger partial charge in [-0.2, -0.15) is 5.10 Å². The molecule has 1 atom stereocenters. The summed E-state index contributed by atoms with van der Waals surface area (Å²) >= 11 is 0. The third-order valence-corrected chi connectivity index (χ3v) is 4.81. The Kier molecular flexibility index (Phi) is 5.57. The van der Waals surface area contributed by atoms with E-state index >= 15 is 0 Å². The highest BCUT2D eigenvalue weighted by Gasteiger charge is 2.21. The van der Waals surface area contributed by atoms with Crippen LogP contribution in [0.15, 0.2) is 42.7 Å². The van der Waals surface area contributed by atoms with Gasteiger partial charge >= 0.3 is 0 Å². The second-order valence-electron chi connectivity index (χ2n) is 7.97. The summed E-state index contributed by atoms with van der Waals surface area (Å²) in [5, 5.41) is 14.9. The first kappa shape index (κ1) is 18.1. The zero-order valence-electron chi connectivity index (χ0n) is 15.6. The van der Waals surface area contributed by atoms with Crippen LogP contribution in [0.1, 0.15) is 38.0 Å². The lowest BCUT2D eigenvalue weighted by atomic mass is 10.1. The fourth-order valence-corrected chi connectivity index (χ4v) is 3.22. The van der Waals surface area contributed by atoms with Crippen LogP contribution < -0.4 is 0 Å². The molecule has 1 aromatic carbocycles. The van der Waals surface area contributed by atoms with Crippen LogP contribution in [-0.4, -0.2) is 57.4 Å². The van der Waals surface area contributed by atoms with Crippen LogP contribution in [0.5, 0.6) is 0 Å². The van der Waals surface area contributed by atoms with E-state index in [1.165, 1.54) is 5.56 Å². The van der Waals surface area contributed by atoms with Gasteiger partial charge in [0.1, 0.15) is 0 Å². The number of nitrogens with zero attached hydrogens (tertiary/aromatic N) is 4. The van der Waals surface area contributed by atoms with E-state index in [0.717, 1.165) is 38.3 Å². The van der Waals surface area contributed by atoms with Crippen LogP contribution in [0, 0.1) is 0 Å². The van der Waals surface area contributed by atoms with Crippen molar-refractivity contribution in [1.82, 2.24) is 19.6 Å². The summed E-state index contributed by atoms with van der Waals surface area (Å²) in [6.45, 7) is 12.2. The van der Waals surface area contributed by atoms with E-state index < -0.39 is 6.10 Å². The fourth-order valence-electron chi connectivity index (χ4n) is 3.22. The van der Waals surface area contributed by atoms with Crippen molar-refractivity contribution in [1.29, 1.82) is 0 Å². The number of β-amino-alcohol motifs (C(OH)–C–C–N with tert-alkyl or cyclic N) is 1. The van der Waals surface area contributed by atoms with Crippen LogP contribution >= 0.6 is 0 Å². The highest BCUT2D eigenvalue weighted by atomic mass is 16.3. The molecule has 0 amide bonds. The molecule has 5 nitrogen and oxygen atoms in total. The van der Waals surface area contributed by atoms with Gasteiger partial charge in [-0.15, -0.1) is 0 Å². The summed E-state index contributed by atoms with van der Waals surface area (Å²) in [5.74, 6) is 0. The SMILES string of the molecule is CC(C)(C)n1cc(CN2CCN(C[C@@H](O)c3ccccc3)CC2)cn1. The molecule has 136 valence electrons. The number of aliphatic hydroxyl groups is 1. The zero-order chi connectivity index (χ0) is 17.9. The Balaban J connectivity index is 1.46. The number of hydrogen-bond acceptors (Lipinski definition) is 4. The van der Waals surface area contributed by atoms with Gasteiger partial charge < -0.3 is 5.11 Å². The Morgan fingerprint density at radius 2 is 1.68 bits per heavy atom. The first-order valence-electron chi connectivity index (χ1n) is 9.13. The van der Waals surface area contributed by atoms with E-state index in [0.29, 0.717) is 6.54 Å². The topological polar surface area (TPSA) is 44.5 Å². The van der Waals surface area contributed by atoms with Crippen molar-refractivity contribution in [2.45, 2.75) is 39.0 Å². The van der Waals surface area contributed by atoms with E-state index in [-0.39, 0.29) is 5.54 Å². The molecule has 2 aromatic rings. The molecule has 1 N–H and O–H groups in total. The van der Waals surface area contributed by atoms with Gasteiger partial charge in [0, 0.05) is 51.0 Å². The number of piperazine rings is 1. The smallest absolute Gasteiger partial charge is 0.0916 e. The molecule has 0 unspecified atom stereocenters. The van der Waals surface area contributed by atoms with Gasteiger partial charge in [-0.25, -0.2) is 0 Å². The molecule has 25 heavy (non-hydrogen) atoms. The highest BCUT2D eigenvalue weighted by molar-refractivity contribution is 5.17. The quantitative estimate of drug-likeness (QED) is 0.907. The van der Waals surface area contributed by atoms with Crippen molar-refractivity contribution in [2.24, 2.45) is 0 Å². The van der Waals surface area contributed by atoms with E-state index in [9.17, 15) is 5.11 Å². The average Bonchev–Trinajstić information content (AvgIpc) is 3.06. The predicted octanol–water partition coefficient (Wildman–Crippen LogP) is 2.49. The summed E-state index contributed by atoms with van der Waals surface area (Å²) in [6.07, 6.45) is 3.74. The Morgan fingerprint density at radius 1 is 1.04 bits per heavy atom. The lowest BCUT2D eigenvalue weighted by Crippen LogP contribution is -2.47. The van der Waals surface area contributed by atoms with Gasteiger partial charge in [-0.3, -0.25) is 14.5 Å². The van der Waals surface area contributed by atoms with Gasteiger partial charge in [0.15, 0.2) is 0 Å². The maximum absolute atomic E-state index is 10.4. The minimum atomic E-state index is -0.405. The standard InChI is InChI=1S/C20H30N4O/c1-20(2,3)24-15-17(13-21-24)14-22-9-11-23(12-10-22)16-19(25)18-7-5-4-6-8-18/h4-8,13,15,19,25H,9-12,14,16H2,1-3H3/t19-/m1/s1. The normalized spacial score (nSPS) is 18.4. The van der Waals surface area contributed by atoms with Crippen LogP contribution in [0.3, 0.4) is 0 Å². The van der Waals surface area contributed by atoms with Gasteiger partial charge in [0.05, 0.1) is 17.8 Å². The number of aliphatic hydroxyl groups excluding tert-OH is 1. The first-order chi connectivity index (χ1) is 11.9. The number of hydrogen-bond donors (Lipinski definition) is 1. The minimum Gasteiger partial charge on any atom is -0.387 e. The Morgan fingerprint density at radius 3 is 2.28 bits per heavy atom. The van der Waals surface area contributed by atoms with Crippen molar-refractivity contribution in [3.63, 3.8) is 0 Å². The minimum absolute atomic E-state index is 0.0323. The molecule has 0 aliphatic carbocycles. The molecule has 1 fully saturated rings. The summed E-state index contributed by atoms with van der Waals surface area (Å²) in [6, 6.07) is 9.93. The van der Waals surface area contributed by atoms with Gasteiger partial charge in [-0.05, 0) is 26.3 Å². The van der Waals surface area contributed by atoms with Crippen molar-refractivity contribution in [3.05, 3.63) is 53.9 Å². The molecule has 1 saturated heterocycles. The van der Waals surface area contributed by atoms with E-state index in [1.807, 2.05) is 41.2 Å². The van der Waals surface area contributed by atoms with E-state index in [2.05, 4.69) is 41.9 Å². The molecule has 2 heterocycles. The zero-order valence-corrected chi connectivity index (χ0v) is 15.6. The van der Waals surface area contributed by atoms with Gasteiger partial charge in [0.25, 0.3) is 0 Å². The van der Waals surface area contributed by atoms with E-state index in [4.69, 9.17) is 0 Å². The molecule has 3 rings (SSSR count). The average molecular weight is 342 g/mol. The number of rotatable bonds is 5. The second kappa shape index (κ2) is 7.68. The first-order valence-corrected chi connectivity index (χ1v) is 9.13. The molecular formula is C20H30N4O. The molecule has 0 saturated carbocycles. The Labute approximate surface area is 150 Å². The summed E-state index contributed by atoms with van der Waals surface area (Å²) < 4.78 is 2.04. The summed E-state index contributed by atoms with van der Waals surface area (Å²) in [4.78, 5) is 4.82. The van der Waals surface area contributed by atoms with Crippen LogP contribution in [0.4, 0.5) is 0 Å². The summed E-state index contributed by atoms with van der Waals surface area (Å²) in [7, 11) is 0. The summed E-state index contributed by atoms with van der Waals surface area (Å²) in [5.41, 5.74) is 2.30. The van der Waals surface area contributed by atoms with E-state index in [1.54, 1.807) is 0 Å². The van der Waals surface area contributed by atoms with Crippen LogP contribution in [0.2, 0.25) is 0 Å².